The van der Waals surface area contributed by atoms with E-state index in [0.29, 0.717) is 40.3 Å². The van der Waals surface area contributed by atoms with Crippen LogP contribution in [-0.4, -0.2) is 89.0 Å². The molecule has 3 heterocycles. The van der Waals surface area contributed by atoms with Crippen LogP contribution in [0.2, 0.25) is 0 Å². The van der Waals surface area contributed by atoms with E-state index < -0.39 is 53.5 Å². The Morgan fingerprint density at radius 1 is 0.982 bits per heavy atom. The Balaban J connectivity index is 1.14. The summed E-state index contributed by atoms with van der Waals surface area (Å²) in [6, 6.07) is 22.3. The maximum absolute atomic E-state index is 14.8. The number of aromatic nitrogens is 1. The molecular weight excluding hydrogens is 729 g/mol. The van der Waals surface area contributed by atoms with Crippen LogP contribution in [0, 0.1) is 5.92 Å². The second kappa shape index (κ2) is 16.2. The largest absolute Gasteiger partial charge is 0.497 e. The van der Waals surface area contributed by atoms with E-state index in [9.17, 15) is 24.3 Å². The van der Waals surface area contributed by atoms with Gasteiger partial charge in [0.2, 0.25) is 11.8 Å². The Labute approximate surface area is 330 Å². The van der Waals surface area contributed by atoms with Crippen molar-refractivity contribution < 1.29 is 43.2 Å². The highest BCUT2D eigenvalue weighted by atomic mass is 16.6. The van der Waals surface area contributed by atoms with Crippen LogP contribution < -0.4 is 24.8 Å². The molecule has 3 N–H and O–H groups in total. The van der Waals surface area contributed by atoms with Crippen molar-refractivity contribution in [2.45, 2.75) is 81.2 Å². The highest BCUT2D eigenvalue weighted by molar-refractivity contribution is 5.96. The fourth-order valence-corrected chi connectivity index (χ4v) is 8.24. The fraction of sp³-hybridized carbons (Fsp3) is 0.386. The van der Waals surface area contributed by atoms with Crippen molar-refractivity contribution >= 4 is 34.8 Å². The van der Waals surface area contributed by atoms with E-state index in [1.54, 1.807) is 19.3 Å². The van der Waals surface area contributed by atoms with Gasteiger partial charge in [-0.1, -0.05) is 54.6 Å². The summed E-state index contributed by atoms with van der Waals surface area (Å²) in [6.45, 7) is 0.206. The lowest BCUT2D eigenvalue weighted by Gasteiger charge is -2.29. The number of benzene rings is 3. The van der Waals surface area contributed by atoms with Gasteiger partial charge in [-0.3, -0.25) is 9.59 Å². The number of aryl methyl sites for hydroxylation is 1. The van der Waals surface area contributed by atoms with Gasteiger partial charge in [0.1, 0.15) is 53.7 Å². The Bertz CT molecular complexity index is 2190. The lowest BCUT2D eigenvalue weighted by molar-refractivity contribution is -0.145. The van der Waals surface area contributed by atoms with E-state index in [1.807, 2.05) is 78.9 Å². The van der Waals surface area contributed by atoms with E-state index >= 15 is 0 Å². The minimum atomic E-state index is -1.54. The number of nitrogens with one attached hydrogen (secondary N) is 2. The minimum Gasteiger partial charge on any atom is -0.497 e. The predicted molar refractivity (Wildman–Crippen MR) is 210 cm³/mol. The molecule has 2 aliphatic heterocycles. The second-order valence-electron chi connectivity index (χ2n) is 15.2. The lowest BCUT2D eigenvalue weighted by atomic mass is 10.0. The zero-order chi connectivity index (χ0) is 39.5. The van der Waals surface area contributed by atoms with Crippen LogP contribution in [0.5, 0.6) is 17.2 Å². The highest BCUT2D eigenvalue weighted by Crippen LogP contribution is 2.45. The molecule has 57 heavy (non-hydrogen) atoms. The molecule has 0 radical (unpaired) electrons. The van der Waals surface area contributed by atoms with Crippen molar-refractivity contribution in [3.05, 3.63) is 96.6 Å². The van der Waals surface area contributed by atoms with Crippen molar-refractivity contribution in [3.63, 3.8) is 0 Å². The number of fused-ring (bicyclic) bond motifs is 5. The number of carboxylic acid groups (broad SMARTS) is 1. The van der Waals surface area contributed by atoms with Crippen molar-refractivity contribution in [1.82, 2.24) is 20.5 Å². The van der Waals surface area contributed by atoms with Gasteiger partial charge in [-0.15, -0.1) is 0 Å². The quantitative estimate of drug-likeness (QED) is 0.195. The number of hydrogen-bond acceptors (Lipinski definition) is 9. The molecular formula is C44H46N4O9. The number of nitrogens with zero attached hydrogens (tertiary/aromatic N) is 2. The zero-order valence-electron chi connectivity index (χ0n) is 31.7. The molecule has 4 aromatic rings. The first-order valence-corrected chi connectivity index (χ1v) is 19.6. The molecule has 13 heteroatoms. The maximum Gasteiger partial charge on any atom is 0.408 e. The summed E-state index contributed by atoms with van der Waals surface area (Å²) in [5.41, 5.74) is 1.52. The monoisotopic (exact) mass is 774 g/mol. The van der Waals surface area contributed by atoms with E-state index in [2.05, 4.69) is 10.6 Å². The van der Waals surface area contributed by atoms with Gasteiger partial charge >= 0.3 is 12.1 Å². The summed E-state index contributed by atoms with van der Waals surface area (Å²) in [7, 11) is 1.58. The van der Waals surface area contributed by atoms with Gasteiger partial charge in [-0.2, -0.15) is 0 Å². The van der Waals surface area contributed by atoms with Crippen molar-refractivity contribution in [2.75, 3.05) is 20.3 Å². The first-order valence-electron chi connectivity index (χ1n) is 19.6. The lowest BCUT2D eigenvalue weighted by Crippen LogP contribution is -2.56. The summed E-state index contributed by atoms with van der Waals surface area (Å²) in [5.74, 6) is -1.00. The van der Waals surface area contributed by atoms with E-state index in [4.69, 9.17) is 23.9 Å². The molecule has 0 spiro atoms. The van der Waals surface area contributed by atoms with Crippen molar-refractivity contribution in [3.8, 4) is 28.5 Å². The summed E-state index contributed by atoms with van der Waals surface area (Å²) in [6.07, 6.45) is 6.24. The maximum atomic E-state index is 14.8. The molecule has 3 fully saturated rings. The van der Waals surface area contributed by atoms with Crippen LogP contribution in [0.1, 0.15) is 50.5 Å². The molecule has 1 unspecified atom stereocenters. The highest BCUT2D eigenvalue weighted by Gasteiger charge is 2.61. The summed E-state index contributed by atoms with van der Waals surface area (Å²) in [5, 5.41) is 16.7. The van der Waals surface area contributed by atoms with Crippen LogP contribution in [0.15, 0.2) is 91.0 Å². The van der Waals surface area contributed by atoms with Gasteiger partial charge in [0.05, 0.1) is 24.9 Å². The predicted octanol–water partition coefficient (Wildman–Crippen LogP) is 5.84. The molecule has 3 aromatic carbocycles. The third kappa shape index (κ3) is 8.23. The van der Waals surface area contributed by atoms with Gasteiger partial charge in [0, 0.05) is 35.4 Å². The van der Waals surface area contributed by atoms with Crippen LogP contribution in [0.4, 0.5) is 4.79 Å². The number of amides is 3. The van der Waals surface area contributed by atoms with Gasteiger partial charge in [0.25, 0.3) is 0 Å². The topological polar surface area (TPSA) is 166 Å². The normalized spacial score (nSPS) is 25.6. The third-order valence-corrected chi connectivity index (χ3v) is 11.4. The van der Waals surface area contributed by atoms with E-state index in [-0.39, 0.29) is 38.5 Å². The molecule has 1 aromatic heterocycles. The molecule has 8 rings (SSSR count). The van der Waals surface area contributed by atoms with E-state index in [1.165, 1.54) is 4.90 Å². The number of hydrogen-bond donors (Lipinski definition) is 3. The number of aliphatic carboxylic acids is 1. The summed E-state index contributed by atoms with van der Waals surface area (Å²) < 4.78 is 23.9. The minimum absolute atomic E-state index is 0.000141. The molecule has 13 nitrogen and oxygen atoms in total. The van der Waals surface area contributed by atoms with Gasteiger partial charge < -0.3 is 39.6 Å². The molecule has 2 bridgehead atoms. The number of carbonyl (C=O) groups is 4. The summed E-state index contributed by atoms with van der Waals surface area (Å²) in [4.78, 5) is 61.5. The SMILES string of the molecule is COc1ccc2c(O[C@@H]3C[C@H]4C(=O)N[C@@]5(C(=O)O)CC5/C=C\COc5cccc(c5)CC[C@H](NC(=O)OC5CCCC5)C(=O)N4C3)cc(-c3ccccc3)nc2c1. The third-order valence-electron chi connectivity index (χ3n) is 11.4. The average molecular weight is 775 g/mol. The molecule has 3 amide bonds. The number of methoxy groups -OCH3 is 1. The molecule has 296 valence electrons. The van der Waals surface area contributed by atoms with Crippen LogP contribution in [0.25, 0.3) is 22.2 Å². The molecule has 2 aliphatic carbocycles. The molecule has 4 aliphatic rings. The second-order valence-corrected chi connectivity index (χ2v) is 15.2. The smallest absolute Gasteiger partial charge is 0.408 e. The van der Waals surface area contributed by atoms with E-state index in [0.717, 1.165) is 36.8 Å². The van der Waals surface area contributed by atoms with Gasteiger partial charge in [-0.05, 0) is 74.8 Å². The Morgan fingerprint density at radius 2 is 1.81 bits per heavy atom. The molecule has 1 saturated heterocycles. The number of carboxylic acids is 1. The Hall–Kier alpha value is -6.11. The molecule has 2 saturated carbocycles. The van der Waals surface area contributed by atoms with Crippen LogP contribution in [-0.2, 0) is 25.5 Å². The van der Waals surface area contributed by atoms with Crippen molar-refractivity contribution in [1.29, 1.82) is 0 Å². The zero-order valence-corrected chi connectivity index (χ0v) is 31.7. The first-order chi connectivity index (χ1) is 27.7. The molecule has 5 atom stereocenters. The fourth-order valence-electron chi connectivity index (χ4n) is 8.24. The number of ether oxygens (including phenoxy) is 4. The number of carbonyl (C=O) groups excluding carboxylic acids is 3. The number of rotatable bonds is 7. The van der Waals surface area contributed by atoms with Gasteiger partial charge in [0.15, 0.2) is 0 Å². The Kier molecular flexibility index (Phi) is 10.7. The number of pyridine rings is 1. The van der Waals surface area contributed by atoms with Crippen LogP contribution in [0.3, 0.4) is 0 Å². The Morgan fingerprint density at radius 3 is 2.60 bits per heavy atom. The standard InChI is InChI=1S/C44H46N4O9/c1-54-31-17-18-34-37(22-31)45-36(28-10-3-2-4-11-28)24-39(34)56-33-23-38-40(49)47-44(42(51)52)25-29(44)12-8-20-55-32-15-7-9-27(21-32)16-19-35(41(50)48(38)26-33)46-43(53)57-30-13-5-6-14-30/h2-4,7-12,15,17-18,21-22,24,29-30,33,35,38H,5-6,13-14,16,19-20,23,25-26H2,1H3,(H,46,53)(H,47,49)(H,51,52)/b12-8-/t29?,33-,35+,38+,44+/m1/s1. The summed E-state index contributed by atoms with van der Waals surface area (Å²) >= 11 is 0. The van der Waals surface area contributed by atoms with Gasteiger partial charge in [-0.25, -0.2) is 14.6 Å². The number of alkyl carbamates (subject to hydrolysis) is 1. The first kappa shape index (κ1) is 37.8. The van der Waals surface area contributed by atoms with Crippen molar-refractivity contribution in [2.24, 2.45) is 5.92 Å². The van der Waals surface area contributed by atoms with Crippen LogP contribution >= 0.6 is 0 Å². The average Bonchev–Trinajstić information content (AvgIpc) is 3.48.